The number of rotatable bonds is 4. The first-order valence-corrected chi connectivity index (χ1v) is 5.21. The number of likely N-dealkylation sites (N-methyl/N-ethyl adjacent to an activating group) is 1. The van der Waals surface area contributed by atoms with E-state index in [0.717, 1.165) is 0 Å². The highest BCUT2D eigenvalue weighted by atomic mass is 16.6. The molecular weight excluding hydrogens is 210 g/mol. The van der Waals surface area contributed by atoms with Crippen molar-refractivity contribution in [2.24, 2.45) is 5.73 Å². The minimum atomic E-state index is -0.648. The van der Waals surface area contributed by atoms with Crippen LogP contribution in [0.1, 0.15) is 27.2 Å². The van der Waals surface area contributed by atoms with E-state index in [2.05, 4.69) is 10.6 Å². The molecule has 0 aromatic heterocycles. The lowest BCUT2D eigenvalue weighted by Gasteiger charge is -2.22. The Labute approximate surface area is 95.9 Å². The molecule has 0 spiro atoms. The van der Waals surface area contributed by atoms with Crippen LogP contribution in [0.25, 0.3) is 0 Å². The fraction of sp³-hybridized carbons (Fsp3) is 0.800. The Hall–Kier alpha value is -1.30. The van der Waals surface area contributed by atoms with Crippen molar-refractivity contribution in [1.82, 2.24) is 10.6 Å². The number of alkyl carbamates (subject to hydrolysis) is 1. The molecule has 0 fully saturated rings. The summed E-state index contributed by atoms with van der Waals surface area (Å²) in [7, 11) is 1.50. The molecule has 2 amide bonds. The second kappa shape index (κ2) is 6.32. The first-order valence-electron chi connectivity index (χ1n) is 5.21. The van der Waals surface area contributed by atoms with Crippen LogP contribution in [0.15, 0.2) is 0 Å². The lowest BCUT2D eigenvalue weighted by atomic mass is 10.2. The predicted octanol–water partition coefficient (Wildman–Crippen LogP) is -0.0255. The second-order valence-corrected chi connectivity index (χ2v) is 4.39. The van der Waals surface area contributed by atoms with Gasteiger partial charge in [0.1, 0.15) is 11.6 Å². The van der Waals surface area contributed by atoms with Crippen LogP contribution < -0.4 is 16.4 Å². The molecule has 6 nitrogen and oxygen atoms in total. The molecule has 1 atom stereocenters. The Morgan fingerprint density at radius 2 is 1.94 bits per heavy atom. The van der Waals surface area contributed by atoms with Crippen molar-refractivity contribution in [1.29, 1.82) is 0 Å². The summed E-state index contributed by atoms with van der Waals surface area (Å²) in [5.74, 6) is -0.281. The number of carbonyl (C=O) groups is 2. The van der Waals surface area contributed by atoms with Crippen molar-refractivity contribution in [3.05, 3.63) is 0 Å². The maximum Gasteiger partial charge on any atom is 0.408 e. The summed E-state index contributed by atoms with van der Waals surface area (Å²) in [5.41, 5.74) is 4.77. The van der Waals surface area contributed by atoms with Crippen LogP contribution in [0.2, 0.25) is 0 Å². The summed E-state index contributed by atoms with van der Waals surface area (Å²) in [5, 5.41) is 4.93. The third-order valence-electron chi connectivity index (χ3n) is 1.71. The number of hydrogen-bond donors (Lipinski definition) is 3. The molecule has 0 aliphatic carbocycles. The molecule has 0 radical (unpaired) electrons. The van der Waals surface area contributed by atoms with E-state index < -0.39 is 17.7 Å². The average molecular weight is 231 g/mol. The molecule has 0 aromatic rings. The van der Waals surface area contributed by atoms with Crippen molar-refractivity contribution < 1.29 is 14.3 Å². The van der Waals surface area contributed by atoms with Gasteiger partial charge in [0.25, 0.3) is 0 Å². The first kappa shape index (κ1) is 14.7. The molecule has 0 heterocycles. The van der Waals surface area contributed by atoms with E-state index in [9.17, 15) is 9.59 Å². The van der Waals surface area contributed by atoms with E-state index in [1.165, 1.54) is 7.05 Å². The molecule has 0 unspecified atom stereocenters. The molecule has 16 heavy (non-hydrogen) atoms. The van der Waals surface area contributed by atoms with Crippen LogP contribution in [0.3, 0.4) is 0 Å². The number of ether oxygens (including phenoxy) is 1. The quantitative estimate of drug-likeness (QED) is 0.633. The minimum absolute atomic E-state index is 0.281. The standard InChI is InChI=1S/C10H21N3O3/c1-10(2,3)16-9(15)13-7(5-6-11)8(14)12-4/h7H,5-6,11H2,1-4H3,(H,12,14)(H,13,15)/t7-/m0/s1. The zero-order valence-corrected chi connectivity index (χ0v) is 10.3. The van der Waals surface area contributed by atoms with E-state index in [4.69, 9.17) is 10.5 Å². The van der Waals surface area contributed by atoms with Crippen LogP contribution in [-0.2, 0) is 9.53 Å². The number of nitrogens with two attached hydrogens (primary N) is 1. The Balaban J connectivity index is 4.29. The zero-order valence-electron chi connectivity index (χ0n) is 10.3. The maximum atomic E-state index is 11.4. The molecule has 0 saturated heterocycles. The molecule has 0 rings (SSSR count). The van der Waals surface area contributed by atoms with Gasteiger partial charge in [-0.3, -0.25) is 4.79 Å². The predicted molar refractivity (Wildman–Crippen MR) is 60.9 cm³/mol. The molecule has 94 valence electrons. The van der Waals surface area contributed by atoms with Gasteiger partial charge < -0.3 is 21.1 Å². The van der Waals surface area contributed by atoms with Gasteiger partial charge in [0, 0.05) is 7.05 Å². The highest BCUT2D eigenvalue weighted by Crippen LogP contribution is 2.07. The Morgan fingerprint density at radius 3 is 2.31 bits per heavy atom. The average Bonchev–Trinajstić information content (AvgIpc) is 2.13. The highest BCUT2D eigenvalue weighted by Gasteiger charge is 2.22. The Morgan fingerprint density at radius 1 is 1.38 bits per heavy atom. The van der Waals surface area contributed by atoms with Gasteiger partial charge in [-0.1, -0.05) is 0 Å². The number of hydrogen-bond acceptors (Lipinski definition) is 4. The number of nitrogens with one attached hydrogen (secondary N) is 2. The van der Waals surface area contributed by atoms with Gasteiger partial charge in [-0.2, -0.15) is 0 Å². The van der Waals surface area contributed by atoms with Crippen molar-refractivity contribution in [2.45, 2.75) is 38.8 Å². The maximum absolute atomic E-state index is 11.4. The van der Waals surface area contributed by atoms with Crippen molar-refractivity contribution >= 4 is 12.0 Å². The smallest absolute Gasteiger partial charge is 0.408 e. The van der Waals surface area contributed by atoms with Crippen LogP contribution in [0.4, 0.5) is 4.79 Å². The van der Waals surface area contributed by atoms with Crippen LogP contribution in [-0.4, -0.2) is 37.2 Å². The SMILES string of the molecule is CNC(=O)[C@H](CCN)NC(=O)OC(C)(C)C. The van der Waals surface area contributed by atoms with Crippen molar-refractivity contribution in [3.63, 3.8) is 0 Å². The van der Waals surface area contributed by atoms with Crippen LogP contribution in [0, 0.1) is 0 Å². The van der Waals surface area contributed by atoms with Gasteiger partial charge >= 0.3 is 6.09 Å². The van der Waals surface area contributed by atoms with E-state index in [-0.39, 0.29) is 5.91 Å². The largest absolute Gasteiger partial charge is 0.444 e. The van der Waals surface area contributed by atoms with Gasteiger partial charge in [0.2, 0.25) is 5.91 Å². The van der Waals surface area contributed by atoms with E-state index in [0.29, 0.717) is 13.0 Å². The Kier molecular flexibility index (Phi) is 5.81. The van der Waals surface area contributed by atoms with E-state index in [1.807, 2.05) is 0 Å². The lowest BCUT2D eigenvalue weighted by Crippen LogP contribution is -2.48. The minimum Gasteiger partial charge on any atom is -0.444 e. The normalized spacial score (nSPS) is 12.8. The zero-order chi connectivity index (χ0) is 12.8. The van der Waals surface area contributed by atoms with Gasteiger partial charge in [0.15, 0.2) is 0 Å². The third-order valence-corrected chi connectivity index (χ3v) is 1.71. The van der Waals surface area contributed by atoms with E-state index in [1.54, 1.807) is 20.8 Å². The summed E-state index contributed by atoms with van der Waals surface area (Å²) >= 11 is 0. The van der Waals surface area contributed by atoms with Crippen LogP contribution >= 0.6 is 0 Å². The Bertz CT molecular complexity index is 248. The third kappa shape index (κ3) is 6.23. The van der Waals surface area contributed by atoms with Crippen molar-refractivity contribution in [2.75, 3.05) is 13.6 Å². The lowest BCUT2D eigenvalue weighted by molar-refractivity contribution is -0.122. The summed E-state index contributed by atoms with van der Waals surface area (Å²) in [4.78, 5) is 22.8. The monoisotopic (exact) mass is 231 g/mol. The van der Waals surface area contributed by atoms with E-state index >= 15 is 0 Å². The summed E-state index contributed by atoms with van der Waals surface area (Å²) < 4.78 is 5.04. The number of amides is 2. The molecule has 0 bridgehead atoms. The highest BCUT2D eigenvalue weighted by molar-refractivity contribution is 5.85. The molecule has 6 heteroatoms. The molecular formula is C10H21N3O3. The van der Waals surface area contributed by atoms with Gasteiger partial charge in [-0.25, -0.2) is 4.79 Å². The molecule has 0 aliphatic rings. The summed E-state index contributed by atoms with van der Waals surface area (Å²) in [6, 6.07) is -0.648. The first-order chi connectivity index (χ1) is 7.30. The van der Waals surface area contributed by atoms with Crippen molar-refractivity contribution in [3.8, 4) is 0 Å². The fourth-order valence-corrected chi connectivity index (χ4v) is 1.06. The summed E-state index contributed by atoms with van der Waals surface area (Å²) in [6.07, 6.45) is -0.242. The van der Waals surface area contributed by atoms with Gasteiger partial charge in [0.05, 0.1) is 0 Å². The molecule has 0 aliphatic heterocycles. The molecule has 0 saturated carbocycles. The topological polar surface area (TPSA) is 93.5 Å². The molecule has 0 aromatic carbocycles. The second-order valence-electron chi connectivity index (χ2n) is 4.39. The summed E-state index contributed by atoms with van der Waals surface area (Å²) in [6.45, 7) is 5.58. The fourth-order valence-electron chi connectivity index (χ4n) is 1.06. The molecule has 4 N–H and O–H groups in total. The van der Waals surface area contributed by atoms with Crippen LogP contribution in [0.5, 0.6) is 0 Å². The number of carbonyl (C=O) groups excluding carboxylic acids is 2. The van der Waals surface area contributed by atoms with Gasteiger partial charge in [-0.15, -0.1) is 0 Å². The van der Waals surface area contributed by atoms with Gasteiger partial charge in [-0.05, 0) is 33.7 Å².